The first kappa shape index (κ1) is 36.2. The van der Waals surface area contributed by atoms with Gasteiger partial charge in [0.15, 0.2) is 11.5 Å². The Morgan fingerprint density at radius 3 is 1.64 bits per heavy atom. The summed E-state index contributed by atoms with van der Waals surface area (Å²) in [6, 6.07) is 43.7. The van der Waals surface area contributed by atoms with E-state index in [9.17, 15) is 0 Å². The molecule has 0 radical (unpaired) electrons. The van der Waals surface area contributed by atoms with Crippen LogP contribution >= 0.6 is 0 Å². The Morgan fingerprint density at radius 2 is 1.02 bits per heavy atom. The van der Waals surface area contributed by atoms with Crippen LogP contribution in [-0.4, -0.2) is 19.9 Å². The molecule has 0 fully saturated rings. The number of aryl methyl sites for hydroxylation is 1. The quantitative estimate of drug-likeness (QED) is 0.169. The normalized spacial score (nSPS) is 14.6. The standard InChI is InChI=1S/C51H53BN2O2/c1-32-26-44-48-45(27-32)54(41-22-18-35(50(5,6)7)28-38(41)33-14-12-11-13-15-33)43-31-47-46(55-24-25-56-47)30-40(43)52(48)39-29-36(51(8,9)10)19-23-42(39)53(44)37-20-16-34(17-21-37)49(2,3)4/h11-23,26-31H,24-25H2,1-10H3. The van der Waals surface area contributed by atoms with Crippen molar-refractivity contribution in [3.63, 3.8) is 0 Å². The molecule has 282 valence electrons. The minimum atomic E-state index is -0.0286. The van der Waals surface area contributed by atoms with Gasteiger partial charge in [-0.25, -0.2) is 0 Å². The molecule has 6 aromatic rings. The molecule has 0 aliphatic carbocycles. The van der Waals surface area contributed by atoms with Gasteiger partial charge in [0.25, 0.3) is 6.71 Å². The highest BCUT2D eigenvalue weighted by Gasteiger charge is 2.45. The number of anilines is 6. The van der Waals surface area contributed by atoms with E-state index in [1.165, 1.54) is 66.8 Å². The van der Waals surface area contributed by atoms with E-state index in [0.717, 1.165) is 28.6 Å². The number of nitrogens with zero attached hydrogens (tertiary/aromatic N) is 2. The van der Waals surface area contributed by atoms with Crippen molar-refractivity contribution in [1.82, 2.24) is 0 Å². The fourth-order valence-electron chi connectivity index (χ4n) is 8.83. The SMILES string of the molecule is Cc1cc2c3c(c1)N(c1ccc(C(C)(C)C)cc1-c1ccccc1)c1cc4c(cc1B3c1cc(C(C)(C)C)ccc1N2c1ccc(C(C)(C)C)cc1)OCCO4. The number of ether oxygens (including phenoxy) is 2. The predicted octanol–water partition coefficient (Wildman–Crippen LogP) is 11.4. The second-order valence-corrected chi connectivity index (χ2v) is 19.0. The van der Waals surface area contributed by atoms with Gasteiger partial charge in [-0.2, -0.15) is 0 Å². The lowest BCUT2D eigenvalue weighted by Crippen LogP contribution is -2.61. The van der Waals surface area contributed by atoms with Crippen LogP contribution in [0.25, 0.3) is 11.1 Å². The van der Waals surface area contributed by atoms with Gasteiger partial charge < -0.3 is 19.3 Å². The van der Waals surface area contributed by atoms with Gasteiger partial charge in [0.05, 0.1) is 5.69 Å². The van der Waals surface area contributed by atoms with Crippen molar-refractivity contribution in [2.24, 2.45) is 0 Å². The van der Waals surface area contributed by atoms with Crippen molar-refractivity contribution >= 4 is 57.2 Å². The van der Waals surface area contributed by atoms with Crippen LogP contribution in [0.5, 0.6) is 11.5 Å². The Bertz CT molecular complexity index is 2500. The van der Waals surface area contributed by atoms with Crippen LogP contribution in [0.3, 0.4) is 0 Å². The zero-order valence-electron chi connectivity index (χ0n) is 34.7. The molecular formula is C51H53BN2O2. The van der Waals surface area contributed by atoms with Crippen LogP contribution in [0.4, 0.5) is 34.1 Å². The minimum absolute atomic E-state index is 0.0166. The Labute approximate surface area is 334 Å². The van der Waals surface area contributed by atoms with Gasteiger partial charge >= 0.3 is 0 Å². The summed E-state index contributed by atoms with van der Waals surface area (Å²) in [5.41, 5.74) is 18.4. The second-order valence-electron chi connectivity index (χ2n) is 19.0. The van der Waals surface area contributed by atoms with Crippen molar-refractivity contribution in [3.05, 3.63) is 138 Å². The average molecular weight is 737 g/mol. The van der Waals surface area contributed by atoms with E-state index < -0.39 is 0 Å². The molecule has 3 heterocycles. The third-order valence-corrected chi connectivity index (χ3v) is 11.9. The molecule has 4 nitrogen and oxygen atoms in total. The largest absolute Gasteiger partial charge is 0.486 e. The first-order chi connectivity index (χ1) is 26.6. The maximum Gasteiger partial charge on any atom is 0.252 e. The number of benzene rings is 6. The molecule has 0 amide bonds. The van der Waals surface area contributed by atoms with Crippen molar-refractivity contribution < 1.29 is 9.47 Å². The van der Waals surface area contributed by atoms with Crippen molar-refractivity contribution in [3.8, 4) is 22.6 Å². The Morgan fingerprint density at radius 1 is 0.482 bits per heavy atom. The molecule has 56 heavy (non-hydrogen) atoms. The third-order valence-electron chi connectivity index (χ3n) is 11.9. The lowest BCUT2D eigenvalue weighted by atomic mass is 9.33. The number of fused-ring (bicyclic) bond motifs is 5. The molecule has 0 saturated heterocycles. The Balaban J connectivity index is 1.39. The second kappa shape index (κ2) is 12.8. The molecule has 0 bridgehead atoms. The molecule has 9 rings (SSSR count). The van der Waals surface area contributed by atoms with Gasteiger partial charge in [0.2, 0.25) is 0 Å². The molecule has 0 spiro atoms. The summed E-state index contributed by atoms with van der Waals surface area (Å²) in [6.45, 7) is 24.0. The molecule has 5 heteroatoms. The Kier molecular flexibility index (Phi) is 8.29. The predicted molar refractivity (Wildman–Crippen MR) is 238 cm³/mol. The maximum atomic E-state index is 6.37. The highest BCUT2D eigenvalue weighted by molar-refractivity contribution is 7.00. The summed E-state index contributed by atoms with van der Waals surface area (Å²) in [5.74, 6) is 1.61. The van der Waals surface area contributed by atoms with Gasteiger partial charge in [-0.3, -0.25) is 0 Å². The van der Waals surface area contributed by atoms with Crippen LogP contribution in [0.2, 0.25) is 0 Å². The van der Waals surface area contributed by atoms with Crippen LogP contribution in [0.1, 0.15) is 84.6 Å². The number of hydrogen-bond acceptors (Lipinski definition) is 4. The van der Waals surface area contributed by atoms with Gasteiger partial charge in [0, 0.05) is 40.1 Å². The van der Waals surface area contributed by atoms with E-state index in [4.69, 9.17) is 9.47 Å². The molecule has 0 aromatic heterocycles. The third kappa shape index (κ3) is 5.98. The van der Waals surface area contributed by atoms with Gasteiger partial charge in [-0.15, -0.1) is 0 Å². The van der Waals surface area contributed by atoms with E-state index in [-0.39, 0.29) is 23.0 Å². The van der Waals surface area contributed by atoms with Crippen LogP contribution in [-0.2, 0) is 16.2 Å². The van der Waals surface area contributed by atoms with Gasteiger partial charge in [-0.1, -0.05) is 123 Å². The van der Waals surface area contributed by atoms with E-state index in [2.05, 4.69) is 194 Å². The average Bonchev–Trinajstić information content (AvgIpc) is 3.16. The fourth-order valence-corrected chi connectivity index (χ4v) is 8.83. The van der Waals surface area contributed by atoms with Crippen molar-refractivity contribution in [1.29, 1.82) is 0 Å². The number of rotatable bonds is 3. The molecule has 0 atom stereocenters. The van der Waals surface area contributed by atoms with Gasteiger partial charge in [0.1, 0.15) is 13.2 Å². The zero-order chi connectivity index (χ0) is 39.3. The highest BCUT2D eigenvalue weighted by Crippen LogP contribution is 2.49. The summed E-state index contributed by atoms with van der Waals surface area (Å²) in [4.78, 5) is 5.03. The lowest BCUT2D eigenvalue weighted by molar-refractivity contribution is 0.172. The van der Waals surface area contributed by atoms with E-state index in [1.807, 2.05) is 0 Å². The first-order valence-corrected chi connectivity index (χ1v) is 20.2. The summed E-state index contributed by atoms with van der Waals surface area (Å²) in [5, 5.41) is 0. The summed E-state index contributed by atoms with van der Waals surface area (Å²) < 4.78 is 12.7. The minimum Gasteiger partial charge on any atom is -0.486 e. The monoisotopic (exact) mass is 736 g/mol. The number of hydrogen-bond donors (Lipinski definition) is 0. The van der Waals surface area contributed by atoms with Crippen LogP contribution in [0, 0.1) is 6.92 Å². The van der Waals surface area contributed by atoms with Gasteiger partial charge in [-0.05, 0) is 116 Å². The molecule has 0 saturated carbocycles. The van der Waals surface area contributed by atoms with Crippen molar-refractivity contribution in [2.45, 2.75) is 85.5 Å². The van der Waals surface area contributed by atoms with Crippen LogP contribution in [0.15, 0.2) is 115 Å². The molecule has 0 unspecified atom stereocenters. The van der Waals surface area contributed by atoms with Crippen LogP contribution < -0.4 is 35.7 Å². The van der Waals surface area contributed by atoms with E-state index in [1.54, 1.807) is 0 Å². The lowest BCUT2D eigenvalue weighted by Gasteiger charge is -2.45. The first-order valence-electron chi connectivity index (χ1n) is 20.2. The molecule has 3 aliphatic heterocycles. The fraction of sp³-hybridized carbons (Fsp3) is 0.294. The molecule has 3 aliphatic rings. The topological polar surface area (TPSA) is 24.9 Å². The highest BCUT2D eigenvalue weighted by atomic mass is 16.6. The summed E-state index contributed by atoms with van der Waals surface area (Å²) >= 11 is 0. The smallest absolute Gasteiger partial charge is 0.252 e. The maximum absolute atomic E-state index is 6.37. The molecular weight excluding hydrogens is 683 g/mol. The van der Waals surface area contributed by atoms with E-state index in [0.29, 0.717) is 13.2 Å². The molecule has 6 aromatic carbocycles. The zero-order valence-corrected chi connectivity index (χ0v) is 34.7. The summed E-state index contributed by atoms with van der Waals surface area (Å²) in [7, 11) is 0. The van der Waals surface area contributed by atoms with Crippen molar-refractivity contribution in [2.75, 3.05) is 23.0 Å². The molecule has 0 N–H and O–H groups in total. The Hall–Kier alpha value is -5.42. The van der Waals surface area contributed by atoms with E-state index >= 15 is 0 Å². The summed E-state index contributed by atoms with van der Waals surface area (Å²) in [6.07, 6.45) is 0.